The number of alkyl halides is 2. The Morgan fingerprint density at radius 2 is 1.82 bits per heavy atom. The zero-order valence-corrected chi connectivity index (χ0v) is 10.8. The molecular formula is C12H15F2NOS. The van der Waals surface area contributed by atoms with Gasteiger partial charge in [-0.2, -0.15) is 8.78 Å². The van der Waals surface area contributed by atoms with E-state index in [-0.39, 0.29) is 10.5 Å². The van der Waals surface area contributed by atoms with Crippen molar-refractivity contribution in [2.45, 2.75) is 32.1 Å². The predicted molar refractivity (Wildman–Crippen MR) is 68.0 cm³/mol. The molecule has 0 aliphatic carbocycles. The second kappa shape index (κ2) is 6.00. The number of ether oxygens (including phenoxy) is 1. The molecule has 0 fully saturated rings. The summed E-state index contributed by atoms with van der Waals surface area (Å²) >= 11 is 1.46. The van der Waals surface area contributed by atoms with Gasteiger partial charge in [0, 0.05) is 11.0 Å². The van der Waals surface area contributed by atoms with Gasteiger partial charge in [0.25, 0.3) is 0 Å². The lowest BCUT2D eigenvalue weighted by atomic mass is 10.2. The fourth-order valence-corrected chi connectivity index (χ4v) is 1.47. The highest BCUT2D eigenvalue weighted by Crippen LogP contribution is 2.24. The molecule has 0 amide bonds. The van der Waals surface area contributed by atoms with E-state index in [1.54, 1.807) is 18.3 Å². The minimum absolute atomic E-state index is 0.0647. The molecule has 0 saturated carbocycles. The third-order valence-electron chi connectivity index (χ3n) is 1.63. The van der Waals surface area contributed by atoms with Gasteiger partial charge in [-0.15, -0.1) is 0 Å². The first-order valence-corrected chi connectivity index (χ1v) is 5.90. The minimum Gasteiger partial charge on any atom is -0.435 e. The van der Waals surface area contributed by atoms with Crippen LogP contribution >= 0.6 is 11.9 Å². The third kappa shape index (κ3) is 6.26. The second-order valence-corrected chi connectivity index (χ2v) is 6.00. The van der Waals surface area contributed by atoms with Crippen LogP contribution in [0.5, 0.6) is 5.75 Å². The zero-order valence-electron chi connectivity index (χ0n) is 9.98. The van der Waals surface area contributed by atoms with Crippen molar-refractivity contribution in [1.82, 2.24) is 0 Å². The molecular weight excluding hydrogens is 244 g/mol. The summed E-state index contributed by atoms with van der Waals surface area (Å²) in [4.78, 5) is 0. The lowest BCUT2D eigenvalue weighted by Gasteiger charge is -2.12. The summed E-state index contributed by atoms with van der Waals surface area (Å²) in [6.45, 7) is 3.41. The van der Waals surface area contributed by atoms with Gasteiger partial charge in [0.15, 0.2) is 0 Å². The lowest BCUT2D eigenvalue weighted by Crippen LogP contribution is -2.05. The quantitative estimate of drug-likeness (QED) is 0.598. The fraction of sp³-hybridized carbons (Fsp3) is 0.417. The Morgan fingerprint density at radius 3 is 2.29 bits per heavy atom. The van der Waals surface area contributed by atoms with Gasteiger partial charge in [-0.1, -0.05) is 0 Å². The van der Waals surface area contributed by atoms with Crippen molar-refractivity contribution in [3.05, 3.63) is 29.8 Å². The first kappa shape index (κ1) is 14.0. The summed E-state index contributed by atoms with van der Waals surface area (Å²) < 4.78 is 32.3. The van der Waals surface area contributed by atoms with E-state index < -0.39 is 6.61 Å². The highest BCUT2D eigenvalue weighted by molar-refractivity contribution is 7.99. The van der Waals surface area contributed by atoms with Crippen LogP contribution in [0.1, 0.15) is 26.3 Å². The lowest BCUT2D eigenvalue weighted by molar-refractivity contribution is -0.0498. The Morgan fingerprint density at radius 1 is 1.24 bits per heavy atom. The molecule has 0 heterocycles. The summed E-state index contributed by atoms with van der Waals surface area (Å²) in [5.41, 5.74) is 0.850. The van der Waals surface area contributed by atoms with Crippen molar-refractivity contribution in [1.29, 1.82) is 0 Å². The molecule has 0 aromatic heterocycles. The van der Waals surface area contributed by atoms with Gasteiger partial charge in [-0.25, -0.2) is 4.40 Å². The predicted octanol–water partition coefficient (Wildman–Crippen LogP) is 4.15. The average Bonchev–Trinajstić information content (AvgIpc) is 2.18. The topological polar surface area (TPSA) is 21.6 Å². The molecule has 94 valence electrons. The molecule has 2 nitrogen and oxygen atoms in total. The molecule has 0 bridgehead atoms. The maximum atomic E-state index is 11.9. The first-order valence-electron chi connectivity index (χ1n) is 5.13. The van der Waals surface area contributed by atoms with E-state index in [9.17, 15) is 8.78 Å². The summed E-state index contributed by atoms with van der Waals surface area (Å²) in [5, 5.41) is 0. The van der Waals surface area contributed by atoms with Crippen LogP contribution in [0.3, 0.4) is 0 Å². The van der Waals surface area contributed by atoms with Gasteiger partial charge >= 0.3 is 6.61 Å². The zero-order chi connectivity index (χ0) is 12.9. The van der Waals surface area contributed by atoms with Crippen LogP contribution in [-0.2, 0) is 0 Å². The molecule has 0 aliphatic rings. The summed E-state index contributed by atoms with van der Waals surface area (Å²) in [7, 11) is 0. The number of nitrogens with zero attached hydrogens (tertiary/aromatic N) is 1. The van der Waals surface area contributed by atoms with E-state index in [2.05, 4.69) is 29.9 Å². The number of hydrogen-bond acceptors (Lipinski definition) is 3. The van der Waals surface area contributed by atoms with Crippen molar-refractivity contribution in [2.24, 2.45) is 4.40 Å². The molecule has 0 atom stereocenters. The van der Waals surface area contributed by atoms with Gasteiger partial charge in [0.05, 0.1) is 0 Å². The number of halogens is 2. The largest absolute Gasteiger partial charge is 0.435 e. The van der Waals surface area contributed by atoms with E-state index in [0.29, 0.717) is 0 Å². The normalized spacial score (nSPS) is 12.4. The van der Waals surface area contributed by atoms with Crippen LogP contribution in [0.2, 0.25) is 0 Å². The van der Waals surface area contributed by atoms with Crippen LogP contribution < -0.4 is 4.74 Å². The molecule has 0 N–H and O–H groups in total. The van der Waals surface area contributed by atoms with Gasteiger partial charge in [0.2, 0.25) is 0 Å². The van der Waals surface area contributed by atoms with Crippen molar-refractivity contribution < 1.29 is 13.5 Å². The van der Waals surface area contributed by atoms with Crippen molar-refractivity contribution in [3.8, 4) is 5.75 Å². The minimum atomic E-state index is -2.79. The van der Waals surface area contributed by atoms with E-state index in [4.69, 9.17) is 0 Å². The highest BCUT2D eigenvalue weighted by atomic mass is 32.2. The molecule has 0 spiro atoms. The van der Waals surface area contributed by atoms with Gasteiger partial charge in [0.1, 0.15) is 5.75 Å². The number of benzene rings is 1. The Labute approximate surface area is 104 Å². The number of hydrogen-bond donors (Lipinski definition) is 0. The summed E-state index contributed by atoms with van der Waals surface area (Å²) in [5.74, 6) is 0.153. The number of rotatable bonds is 4. The Balaban J connectivity index is 2.56. The molecule has 17 heavy (non-hydrogen) atoms. The first-order chi connectivity index (χ1) is 7.87. The van der Waals surface area contributed by atoms with Gasteiger partial charge in [-0.3, -0.25) is 0 Å². The maximum absolute atomic E-state index is 11.9. The van der Waals surface area contributed by atoms with Crippen molar-refractivity contribution >= 4 is 18.2 Å². The van der Waals surface area contributed by atoms with Crippen LogP contribution in [0.25, 0.3) is 0 Å². The molecule has 1 rings (SSSR count). The molecule has 0 aliphatic heterocycles. The average molecular weight is 259 g/mol. The summed E-state index contributed by atoms with van der Waals surface area (Å²) in [6, 6.07) is 6.36. The van der Waals surface area contributed by atoms with Crippen LogP contribution in [0, 0.1) is 0 Å². The summed E-state index contributed by atoms with van der Waals surface area (Å²) in [6.07, 6.45) is 1.70. The van der Waals surface area contributed by atoms with Crippen LogP contribution in [0.4, 0.5) is 8.78 Å². The van der Waals surface area contributed by atoms with Crippen LogP contribution in [-0.4, -0.2) is 17.6 Å². The van der Waals surface area contributed by atoms with E-state index in [0.717, 1.165) is 5.56 Å². The van der Waals surface area contributed by atoms with Crippen LogP contribution in [0.15, 0.2) is 28.7 Å². The second-order valence-electron chi connectivity index (χ2n) is 4.39. The van der Waals surface area contributed by atoms with Gasteiger partial charge in [-0.05, 0) is 62.5 Å². The molecule has 5 heteroatoms. The smallest absolute Gasteiger partial charge is 0.387 e. The van der Waals surface area contributed by atoms with Crippen molar-refractivity contribution in [3.63, 3.8) is 0 Å². The van der Waals surface area contributed by atoms with Gasteiger partial charge < -0.3 is 4.74 Å². The molecule has 0 saturated heterocycles. The molecule has 0 unspecified atom stereocenters. The SMILES string of the molecule is CC(C)(C)SN=Cc1ccc(OC(F)F)cc1. The molecule has 0 radical (unpaired) electrons. The maximum Gasteiger partial charge on any atom is 0.387 e. The van der Waals surface area contributed by atoms with E-state index in [1.807, 2.05) is 0 Å². The Bertz CT molecular complexity index is 371. The third-order valence-corrected chi connectivity index (χ3v) is 2.39. The monoisotopic (exact) mass is 259 g/mol. The molecule has 1 aromatic carbocycles. The van der Waals surface area contributed by atoms with Crippen molar-refractivity contribution in [2.75, 3.05) is 0 Å². The fourth-order valence-electron chi connectivity index (χ4n) is 0.981. The molecule has 1 aromatic rings. The van der Waals surface area contributed by atoms with E-state index >= 15 is 0 Å². The van der Waals surface area contributed by atoms with E-state index in [1.165, 1.54) is 24.1 Å². The Kier molecular flexibility index (Phi) is 4.93. The Hall–Kier alpha value is -1.10. The highest BCUT2D eigenvalue weighted by Gasteiger charge is 2.09. The standard InChI is InChI=1S/C12H15F2NOS/c1-12(2,3)17-15-8-9-4-6-10(7-5-9)16-11(13)14/h4-8,11H,1-3H3.